The Kier molecular flexibility index (Phi) is 6.17. The molecule has 1 rings (SSSR count). The van der Waals surface area contributed by atoms with Crippen LogP contribution < -0.4 is 0 Å². The second kappa shape index (κ2) is 7.63. The predicted molar refractivity (Wildman–Crippen MR) is 84.3 cm³/mol. The van der Waals surface area contributed by atoms with Gasteiger partial charge in [0.25, 0.3) is 0 Å². The van der Waals surface area contributed by atoms with Crippen molar-refractivity contribution in [2.75, 3.05) is 7.11 Å². The molecule has 0 atom stereocenters. The molecule has 0 aliphatic rings. The van der Waals surface area contributed by atoms with Gasteiger partial charge in [-0.25, -0.2) is 4.79 Å². The first kappa shape index (κ1) is 17.0. The van der Waals surface area contributed by atoms with Crippen LogP contribution in [0.25, 0.3) is 0 Å². The number of hydrogen-bond acceptors (Lipinski definition) is 5. The molecule has 0 radical (unpaired) electrons. The molecule has 0 aromatic heterocycles. The first-order valence-corrected chi connectivity index (χ1v) is 9.95. The molecule has 0 bridgehead atoms. The quantitative estimate of drug-likeness (QED) is 0.255. The van der Waals surface area contributed by atoms with E-state index in [0.29, 0.717) is 0 Å². The molecule has 0 aliphatic carbocycles. The first-order chi connectivity index (χ1) is 9.83. The molecule has 0 heterocycles. The number of ether oxygens (including phenoxy) is 1. The third-order valence-corrected chi connectivity index (χ3v) is 3.14. The van der Waals surface area contributed by atoms with Crippen molar-refractivity contribution in [1.29, 1.82) is 0 Å². The summed E-state index contributed by atoms with van der Waals surface area (Å²) in [5.74, 6) is -0.446. The third-order valence-electron chi connectivity index (χ3n) is 2.28. The van der Waals surface area contributed by atoms with Crippen molar-refractivity contribution in [2.45, 2.75) is 26.2 Å². The summed E-state index contributed by atoms with van der Waals surface area (Å²) in [4.78, 5) is 16.7. The zero-order valence-electron chi connectivity index (χ0n) is 12.9. The van der Waals surface area contributed by atoms with E-state index in [-0.39, 0.29) is 18.1 Å². The Bertz CT molecular complexity index is 520. The van der Waals surface area contributed by atoms with Gasteiger partial charge in [-0.15, -0.1) is 0 Å². The fourth-order valence-corrected chi connectivity index (χ4v) is 2.34. The van der Waals surface area contributed by atoms with Crippen LogP contribution in [0.3, 0.4) is 0 Å². The van der Waals surface area contributed by atoms with Gasteiger partial charge in [-0.1, -0.05) is 42.1 Å². The summed E-state index contributed by atoms with van der Waals surface area (Å²) in [6.45, 7) is 9.84. The number of benzene rings is 1. The Morgan fingerprint density at radius 2 is 1.86 bits per heavy atom. The van der Waals surface area contributed by atoms with E-state index < -0.39 is 14.3 Å². The monoisotopic (exact) mass is 307 g/mol. The lowest BCUT2D eigenvalue weighted by Gasteiger charge is -2.20. The van der Waals surface area contributed by atoms with Gasteiger partial charge in [0.05, 0.1) is 0 Å². The Morgan fingerprint density at radius 1 is 1.24 bits per heavy atom. The van der Waals surface area contributed by atoms with E-state index in [0.717, 1.165) is 5.56 Å². The SMILES string of the molecule is C=C(O[Si](C)(C)C)C(=NOC)C(=O)OCc1ccccc1. The van der Waals surface area contributed by atoms with Gasteiger partial charge < -0.3 is 14.0 Å². The van der Waals surface area contributed by atoms with E-state index in [2.05, 4.69) is 16.6 Å². The molecule has 21 heavy (non-hydrogen) atoms. The molecule has 0 N–H and O–H groups in total. The fraction of sp³-hybridized carbons (Fsp3) is 0.333. The second-order valence-corrected chi connectivity index (χ2v) is 9.75. The van der Waals surface area contributed by atoms with E-state index in [9.17, 15) is 4.79 Å². The van der Waals surface area contributed by atoms with Crippen LogP contribution in [0, 0.1) is 0 Å². The van der Waals surface area contributed by atoms with Gasteiger partial charge >= 0.3 is 5.97 Å². The van der Waals surface area contributed by atoms with E-state index in [1.54, 1.807) is 0 Å². The van der Waals surface area contributed by atoms with Gasteiger partial charge in [-0.3, -0.25) is 0 Å². The predicted octanol–water partition coefficient (Wildman–Crippen LogP) is 3.10. The molecule has 0 spiro atoms. The molecular formula is C15H21NO4Si. The van der Waals surface area contributed by atoms with E-state index >= 15 is 0 Å². The van der Waals surface area contributed by atoms with Gasteiger partial charge in [-0.05, 0) is 25.2 Å². The van der Waals surface area contributed by atoms with Crippen molar-refractivity contribution in [3.05, 3.63) is 48.2 Å². The fourth-order valence-electron chi connectivity index (χ4n) is 1.50. The van der Waals surface area contributed by atoms with Gasteiger partial charge in [0, 0.05) is 0 Å². The number of oxime groups is 1. The Hall–Kier alpha value is -2.08. The normalized spacial score (nSPS) is 11.7. The molecule has 6 heteroatoms. The number of nitrogens with zero attached hydrogens (tertiary/aromatic N) is 1. The van der Waals surface area contributed by atoms with Crippen molar-refractivity contribution in [1.82, 2.24) is 0 Å². The van der Waals surface area contributed by atoms with E-state index in [1.165, 1.54) is 7.11 Å². The highest BCUT2D eigenvalue weighted by Crippen LogP contribution is 2.12. The highest BCUT2D eigenvalue weighted by molar-refractivity contribution is 6.70. The number of carbonyl (C=O) groups is 1. The summed E-state index contributed by atoms with van der Waals surface area (Å²) in [6, 6.07) is 9.38. The van der Waals surface area contributed by atoms with Crippen molar-refractivity contribution in [2.24, 2.45) is 5.16 Å². The highest BCUT2D eigenvalue weighted by Gasteiger charge is 2.25. The van der Waals surface area contributed by atoms with Crippen LogP contribution in [0.2, 0.25) is 19.6 Å². The molecule has 0 unspecified atom stereocenters. The Balaban J connectivity index is 2.70. The second-order valence-electron chi connectivity index (χ2n) is 5.32. The zero-order chi connectivity index (χ0) is 15.9. The zero-order valence-corrected chi connectivity index (χ0v) is 13.9. The summed E-state index contributed by atoms with van der Waals surface area (Å²) in [5.41, 5.74) is 0.843. The minimum Gasteiger partial charge on any atom is -0.543 e. The van der Waals surface area contributed by atoms with Crippen LogP contribution in [0.5, 0.6) is 0 Å². The van der Waals surface area contributed by atoms with E-state index in [1.807, 2.05) is 50.0 Å². The molecule has 0 fully saturated rings. The smallest absolute Gasteiger partial charge is 0.364 e. The third kappa shape index (κ3) is 6.27. The molecule has 5 nitrogen and oxygen atoms in total. The van der Waals surface area contributed by atoms with Crippen molar-refractivity contribution in [3.8, 4) is 0 Å². The molecule has 0 saturated heterocycles. The van der Waals surface area contributed by atoms with Crippen LogP contribution in [-0.4, -0.2) is 27.1 Å². The molecule has 114 valence electrons. The maximum atomic E-state index is 12.1. The van der Waals surface area contributed by atoms with Gasteiger partial charge in [-0.2, -0.15) is 0 Å². The Labute approximate surface area is 126 Å². The molecule has 0 aliphatic heterocycles. The number of rotatable bonds is 7. The largest absolute Gasteiger partial charge is 0.543 e. The lowest BCUT2D eigenvalue weighted by atomic mass is 10.2. The number of esters is 1. The van der Waals surface area contributed by atoms with Gasteiger partial charge in [0.15, 0.2) is 0 Å². The average molecular weight is 307 g/mol. The Morgan fingerprint density at radius 3 is 2.38 bits per heavy atom. The first-order valence-electron chi connectivity index (χ1n) is 6.54. The van der Waals surface area contributed by atoms with Crippen LogP contribution in [0.1, 0.15) is 5.56 Å². The summed E-state index contributed by atoms with van der Waals surface area (Å²) in [5, 5.41) is 3.66. The number of carbonyl (C=O) groups excluding carboxylic acids is 1. The van der Waals surface area contributed by atoms with Crippen LogP contribution >= 0.6 is 0 Å². The topological polar surface area (TPSA) is 57.1 Å². The summed E-state index contributed by atoms with van der Waals surface area (Å²) >= 11 is 0. The van der Waals surface area contributed by atoms with Crippen LogP contribution in [0.4, 0.5) is 0 Å². The molecular weight excluding hydrogens is 286 g/mol. The lowest BCUT2D eigenvalue weighted by molar-refractivity contribution is -0.137. The van der Waals surface area contributed by atoms with Gasteiger partial charge in [0.1, 0.15) is 19.5 Å². The maximum absolute atomic E-state index is 12.1. The maximum Gasteiger partial charge on any atom is 0.364 e. The van der Waals surface area contributed by atoms with Gasteiger partial charge in [0.2, 0.25) is 14.0 Å². The molecule has 0 saturated carbocycles. The lowest BCUT2D eigenvalue weighted by Crippen LogP contribution is -2.30. The minimum atomic E-state index is -1.89. The molecule has 0 amide bonds. The summed E-state index contributed by atoms with van der Waals surface area (Å²) < 4.78 is 10.9. The molecule has 1 aromatic rings. The highest BCUT2D eigenvalue weighted by atomic mass is 28.4. The van der Waals surface area contributed by atoms with Crippen molar-refractivity contribution in [3.63, 3.8) is 0 Å². The molecule has 1 aromatic carbocycles. The average Bonchev–Trinajstić information content (AvgIpc) is 2.41. The summed E-state index contributed by atoms with van der Waals surface area (Å²) in [7, 11) is -0.535. The van der Waals surface area contributed by atoms with Crippen LogP contribution in [0.15, 0.2) is 47.8 Å². The van der Waals surface area contributed by atoms with E-state index in [4.69, 9.17) is 9.16 Å². The standard InChI is InChI=1S/C15H21NO4Si/c1-12(20-21(3,4)5)14(16-18-2)15(17)19-11-13-9-7-6-8-10-13/h6-10H,1,11H2,2-5H3. The van der Waals surface area contributed by atoms with Crippen LogP contribution in [-0.2, 0) is 25.4 Å². The summed E-state index contributed by atoms with van der Waals surface area (Å²) in [6.07, 6.45) is 0. The number of hydrogen-bond donors (Lipinski definition) is 0. The minimum absolute atomic E-state index is 0.0455. The van der Waals surface area contributed by atoms with Crippen molar-refractivity contribution < 1.29 is 18.8 Å². The van der Waals surface area contributed by atoms with Crippen molar-refractivity contribution >= 4 is 20.0 Å².